The van der Waals surface area contributed by atoms with E-state index in [0.29, 0.717) is 0 Å². The summed E-state index contributed by atoms with van der Waals surface area (Å²) in [6.45, 7) is 0. The molecule has 0 aliphatic carbocycles. The Morgan fingerprint density at radius 3 is 2.50 bits per heavy atom. The van der Waals surface area contributed by atoms with Crippen molar-refractivity contribution in [3.63, 3.8) is 0 Å². The number of nitrogens with zero attached hydrogens (tertiary/aromatic N) is 1. The average molecular weight is 326 g/mol. The van der Waals surface area contributed by atoms with Gasteiger partial charge >= 0.3 is 8.80 Å². The molecular formula is C13H19NO3SSi2. The Bertz CT molecular complexity index is 504. The molecule has 108 valence electrons. The number of para-hydroxylation sites is 1. The molecule has 2 rings (SSSR count). The van der Waals surface area contributed by atoms with Gasteiger partial charge in [0.1, 0.15) is 9.52 Å². The lowest BCUT2D eigenvalue weighted by Crippen LogP contribution is -2.42. The molecule has 0 atom stereocenters. The van der Waals surface area contributed by atoms with Gasteiger partial charge in [0.15, 0.2) is 0 Å². The highest BCUT2D eigenvalue weighted by atomic mass is 32.1. The highest BCUT2D eigenvalue weighted by molar-refractivity contribution is 7.26. The molecule has 0 aliphatic rings. The second kappa shape index (κ2) is 7.44. The van der Waals surface area contributed by atoms with Crippen molar-refractivity contribution >= 4 is 44.5 Å². The number of fused-ring (bicyclic) bond motifs is 1. The van der Waals surface area contributed by atoms with Crippen molar-refractivity contribution in [3.05, 3.63) is 24.3 Å². The molecule has 7 heteroatoms. The van der Waals surface area contributed by atoms with Crippen LogP contribution in [0.15, 0.2) is 24.3 Å². The zero-order valence-electron chi connectivity index (χ0n) is 12.0. The zero-order chi connectivity index (χ0) is 14.4. The third-order valence-electron chi connectivity index (χ3n) is 3.16. The van der Waals surface area contributed by atoms with E-state index in [9.17, 15) is 0 Å². The quantitative estimate of drug-likeness (QED) is 0.552. The summed E-state index contributed by atoms with van der Waals surface area (Å²) in [5.41, 5.74) is 1.11. The minimum absolute atomic E-state index is 0.741. The first-order chi connectivity index (χ1) is 9.73. The van der Waals surface area contributed by atoms with Crippen molar-refractivity contribution in [1.29, 1.82) is 0 Å². The number of thiazole rings is 1. The van der Waals surface area contributed by atoms with Gasteiger partial charge in [-0.1, -0.05) is 24.6 Å². The first-order valence-electron chi connectivity index (χ1n) is 6.48. The molecule has 20 heavy (non-hydrogen) atoms. The predicted octanol–water partition coefficient (Wildman–Crippen LogP) is 2.31. The first-order valence-corrected chi connectivity index (χ1v) is 10.4. The van der Waals surface area contributed by atoms with Crippen LogP contribution in [0.4, 0.5) is 0 Å². The van der Waals surface area contributed by atoms with Crippen molar-refractivity contribution in [2.75, 3.05) is 21.3 Å². The topological polar surface area (TPSA) is 40.6 Å². The van der Waals surface area contributed by atoms with Gasteiger partial charge in [-0.2, -0.15) is 0 Å². The fourth-order valence-electron chi connectivity index (χ4n) is 2.00. The van der Waals surface area contributed by atoms with Crippen LogP contribution < -0.4 is 4.63 Å². The lowest BCUT2D eigenvalue weighted by Gasteiger charge is -2.24. The van der Waals surface area contributed by atoms with E-state index in [1.807, 2.05) is 6.07 Å². The van der Waals surface area contributed by atoms with E-state index in [1.165, 1.54) is 9.33 Å². The Morgan fingerprint density at radius 2 is 1.85 bits per heavy atom. The summed E-state index contributed by atoms with van der Waals surface area (Å²) in [4.78, 5) is 4.66. The van der Waals surface area contributed by atoms with Gasteiger partial charge in [-0.3, -0.25) is 0 Å². The van der Waals surface area contributed by atoms with Gasteiger partial charge in [-0.25, -0.2) is 4.98 Å². The lowest BCUT2D eigenvalue weighted by molar-refractivity contribution is 0.123. The fraction of sp³-hybridized carbons (Fsp3) is 0.462. The summed E-state index contributed by atoms with van der Waals surface area (Å²) in [6, 6.07) is 10.2. The van der Waals surface area contributed by atoms with Crippen LogP contribution in [0.2, 0.25) is 12.1 Å². The van der Waals surface area contributed by atoms with E-state index in [0.717, 1.165) is 33.5 Å². The summed E-state index contributed by atoms with van der Waals surface area (Å²) >= 11 is 1.79. The minimum Gasteiger partial charge on any atom is -0.377 e. The van der Waals surface area contributed by atoms with Crippen molar-refractivity contribution in [2.45, 2.75) is 18.5 Å². The molecule has 0 fully saturated rings. The number of rotatable bonds is 8. The number of hydrogen-bond donors (Lipinski definition) is 0. The largest absolute Gasteiger partial charge is 0.500 e. The monoisotopic (exact) mass is 325 g/mol. The van der Waals surface area contributed by atoms with Crippen molar-refractivity contribution in [2.24, 2.45) is 0 Å². The Balaban J connectivity index is 1.84. The second-order valence-electron chi connectivity index (χ2n) is 4.31. The van der Waals surface area contributed by atoms with E-state index >= 15 is 0 Å². The molecular weight excluding hydrogens is 306 g/mol. The minimum atomic E-state index is -2.40. The Hall–Kier alpha value is -0.576. The molecule has 0 spiro atoms. The molecule has 0 aliphatic heterocycles. The van der Waals surface area contributed by atoms with Crippen molar-refractivity contribution in [3.8, 4) is 0 Å². The predicted molar refractivity (Wildman–Crippen MR) is 86.0 cm³/mol. The molecule has 0 amide bonds. The summed E-state index contributed by atoms with van der Waals surface area (Å²) < 4.78 is 18.8. The second-order valence-corrected chi connectivity index (χ2v) is 10.1. The highest BCUT2D eigenvalue weighted by Crippen LogP contribution is 2.18. The average Bonchev–Trinajstić information content (AvgIpc) is 2.91. The van der Waals surface area contributed by atoms with Crippen molar-refractivity contribution in [1.82, 2.24) is 4.98 Å². The van der Waals surface area contributed by atoms with Crippen molar-refractivity contribution < 1.29 is 13.3 Å². The molecule has 1 aromatic heterocycles. The Kier molecular flexibility index (Phi) is 5.88. The van der Waals surface area contributed by atoms with Crippen LogP contribution in [-0.2, 0) is 13.3 Å². The normalized spacial score (nSPS) is 12.2. The van der Waals surface area contributed by atoms with E-state index in [2.05, 4.69) is 23.2 Å². The van der Waals surface area contributed by atoms with E-state index < -0.39 is 8.80 Å². The molecule has 2 radical (unpaired) electrons. The van der Waals surface area contributed by atoms with Crippen LogP contribution in [0, 0.1) is 0 Å². The van der Waals surface area contributed by atoms with Crippen LogP contribution in [0.3, 0.4) is 0 Å². The summed E-state index contributed by atoms with van der Waals surface area (Å²) in [5, 5.41) is 0. The molecule has 2 aromatic rings. The smallest absolute Gasteiger partial charge is 0.377 e. The van der Waals surface area contributed by atoms with Crippen LogP contribution >= 0.6 is 11.3 Å². The van der Waals surface area contributed by atoms with Gasteiger partial charge in [0.05, 0.1) is 14.8 Å². The van der Waals surface area contributed by atoms with Crippen LogP contribution in [-0.4, -0.2) is 44.6 Å². The molecule has 1 aromatic carbocycles. The van der Waals surface area contributed by atoms with Gasteiger partial charge in [0.25, 0.3) is 0 Å². The third kappa shape index (κ3) is 3.75. The first kappa shape index (κ1) is 15.8. The molecule has 4 nitrogen and oxygen atoms in total. The summed E-state index contributed by atoms with van der Waals surface area (Å²) in [7, 11) is 3.33. The van der Waals surface area contributed by atoms with E-state index in [1.54, 1.807) is 32.7 Å². The van der Waals surface area contributed by atoms with Gasteiger partial charge in [0.2, 0.25) is 0 Å². The molecule has 0 saturated carbocycles. The standard InChI is InChI=1S/C13H19NO3SSi2/c1-15-20(16-2,17-3)10-6-9-19-13-14-11-7-4-5-8-12(11)18-13/h4-5,7-8H,6,9-10H2,1-3H3. The zero-order valence-corrected chi connectivity index (χ0v) is 14.8. The maximum absolute atomic E-state index is 5.42. The SMILES string of the molecule is CO[Si](CCC[Si]c1nc2ccccc2s1)(OC)OC. The van der Waals surface area contributed by atoms with Gasteiger partial charge < -0.3 is 13.3 Å². The molecule has 0 saturated heterocycles. The Morgan fingerprint density at radius 1 is 1.15 bits per heavy atom. The lowest BCUT2D eigenvalue weighted by atomic mass is 10.3. The maximum atomic E-state index is 5.42. The summed E-state index contributed by atoms with van der Waals surface area (Å²) in [6.07, 6.45) is 1.04. The Labute approximate surface area is 127 Å². The maximum Gasteiger partial charge on any atom is 0.500 e. The molecule has 0 N–H and O–H groups in total. The van der Waals surface area contributed by atoms with Crippen LogP contribution in [0.5, 0.6) is 0 Å². The van der Waals surface area contributed by atoms with Gasteiger partial charge in [-0.05, 0) is 12.1 Å². The van der Waals surface area contributed by atoms with Gasteiger partial charge in [0, 0.05) is 27.4 Å². The molecule has 0 unspecified atom stereocenters. The van der Waals surface area contributed by atoms with Crippen LogP contribution in [0.1, 0.15) is 6.42 Å². The van der Waals surface area contributed by atoms with E-state index in [4.69, 9.17) is 13.3 Å². The highest BCUT2D eigenvalue weighted by Gasteiger charge is 2.36. The van der Waals surface area contributed by atoms with Gasteiger partial charge in [-0.15, -0.1) is 11.3 Å². The third-order valence-corrected chi connectivity index (χ3v) is 8.60. The van der Waals surface area contributed by atoms with E-state index in [-0.39, 0.29) is 0 Å². The fourth-order valence-corrected chi connectivity index (χ4v) is 6.49. The summed E-state index contributed by atoms with van der Waals surface area (Å²) in [5.74, 6) is 0. The number of hydrogen-bond acceptors (Lipinski definition) is 5. The molecule has 0 bridgehead atoms. The number of aromatic nitrogens is 1. The number of benzene rings is 1. The molecule has 1 heterocycles. The van der Waals surface area contributed by atoms with Crippen LogP contribution in [0.25, 0.3) is 10.2 Å².